The van der Waals surface area contributed by atoms with E-state index in [1.807, 2.05) is 0 Å². The molecule has 0 saturated heterocycles. The van der Waals surface area contributed by atoms with E-state index in [4.69, 9.17) is 4.74 Å². The number of methoxy groups -OCH3 is 1. The Balaban J connectivity index is 2.05. The molecular formula is C13H17BrFNO2. The average molecular weight is 318 g/mol. The van der Waals surface area contributed by atoms with Crippen molar-refractivity contribution in [1.82, 2.24) is 5.32 Å². The minimum absolute atomic E-state index is 0.0941. The standard InChI is InChI=1S/C13H17BrFNO2/c1-18-7-8(17)6-16-12-5-2-9-11(15)4-3-10(14)13(9)12/h3-4,8,12,16-17H,2,5-7H2,1H3/t8-,12+/m1/s1. The second-order valence-electron chi connectivity index (χ2n) is 4.53. The highest BCUT2D eigenvalue weighted by Crippen LogP contribution is 2.37. The van der Waals surface area contributed by atoms with Gasteiger partial charge in [0.15, 0.2) is 0 Å². The summed E-state index contributed by atoms with van der Waals surface area (Å²) in [5.74, 6) is -0.144. The van der Waals surface area contributed by atoms with Gasteiger partial charge >= 0.3 is 0 Å². The van der Waals surface area contributed by atoms with Crippen LogP contribution in [0.3, 0.4) is 0 Å². The summed E-state index contributed by atoms with van der Waals surface area (Å²) in [6.07, 6.45) is 1.05. The number of aliphatic hydroxyl groups is 1. The highest BCUT2D eigenvalue weighted by molar-refractivity contribution is 9.10. The van der Waals surface area contributed by atoms with Gasteiger partial charge in [-0.2, -0.15) is 0 Å². The van der Waals surface area contributed by atoms with Gasteiger partial charge in [-0.25, -0.2) is 4.39 Å². The molecule has 100 valence electrons. The molecule has 2 N–H and O–H groups in total. The van der Waals surface area contributed by atoms with Crippen molar-refractivity contribution in [2.75, 3.05) is 20.3 Å². The lowest BCUT2D eigenvalue weighted by Crippen LogP contribution is -2.32. The first-order chi connectivity index (χ1) is 8.63. The molecule has 0 heterocycles. The molecule has 0 saturated carbocycles. The summed E-state index contributed by atoms with van der Waals surface area (Å²) < 4.78 is 19.4. The SMILES string of the molecule is COC[C@H](O)CN[C@H]1CCc2c(F)ccc(Br)c21. The van der Waals surface area contributed by atoms with Gasteiger partial charge in [0, 0.05) is 24.2 Å². The lowest BCUT2D eigenvalue weighted by atomic mass is 10.1. The number of aliphatic hydroxyl groups excluding tert-OH is 1. The van der Waals surface area contributed by atoms with E-state index in [1.54, 1.807) is 13.2 Å². The van der Waals surface area contributed by atoms with E-state index in [2.05, 4.69) is 21.2 Å². The smallest absolute Gasteiger partial charge is 0.126 e. The van der Waals surface area contributed by atoms with Gasteiger partial charge in [-0.15, -0.1) is 0 Å². The number of hydrogen-bond donors (Lipinski definition) is 2. The van der Waals surface area contributed by atoms with Crippen molar-refractivity contribution in [1.29, 1.82) is 0 Å². The molecule has 18 heavy (non-hydrogen) atoms. The molecule has 0 bridgehead atoms. The number of hydrogen-bond acceptors (Lipinski definition) is 3. The van der Waals surface area contributed by atoms with Crippen molar-refractivity contribution in [2.45, 2.75) is 25.0 Å². The molecule has 5 heteroatoms. The summed E-state index contributed by atoms with van der Waals surface area (Å²) in [6, 6.07) is 3.32. The molecule has 2 atom stereocenters. The Labute approximate surface area is 114 Å². The number of nitrogens with one attached hydrogen (secondary N) is 1. The average Bonchev–Trinajstić information content (AvgIpc) is 2.77. The Morgan fingerprint density at radius 2 is 2.39 bits per heavy atom. The van der Waals surface area contributed by atoms with Gasteiger partial charge in [-0.05, 0) is 36.1 Å². The topological polar surface area (TPSA) is 41.5 Å². The highest BCUT2D eigenvalue weighted by atomic mass is 79.9. The summed E-state index contributed by atoms with van der Waals surface area (Å²) in [7, 11) is 1.56. The van der Waals surface area contributed by atoms with E-state index in [1.165, 1.54) is 6.07 Å². The van der Waals surface area contributed by atoms with Crippen molar-refractivity contribution in [3.8, 4) is 0 Å². The van der Waals surface area contributed by atoms with Crippen LogP contribution in [0, 0.1) is 5.82 Å². The molecule has 0 spiro atoms. The molecular weight excluding hydrogens is 301 g/mol. The third-order valence-electron chi connectivity index (χ3n) is 3.24. The van der Waals surface area contributed by atoms with Crippen LogP contribution < -0.4 is 5.32 Å². The van der Waals surface area contributed by atoms with Crippen LogP contribution in [0.25, 0.3) is 0 Å². The Bertz CT molecular complexity index is 428. The maximum atomic E-state index is 13.6. The Kier molecular flexibility index (Phi) is 4.72. The van der Waals surface area contributed by atoms with Crippen LogP contribution in [0.4, 0.5) is 4.39 Å². The maximum Gasteiger partial charge on any atom is 0.126 e. The lowest BCUT2D eigenvalue weighted by molar-refractivity contribution is 0.0627. The quantitative estimate of drug-likeness (QED) is 0.874. The van der Waals surface area contributed by atoms with Crippen LogP contribution in [0.1, 0.15) is 23.6 Å². The van der Waals surface area contributed by atoms with Crippen molar-refractivity contribution >= 4 is 15.9 Å². The third-order valence-corrected chi connectivity index (χ3v) is 3.93. The van der Waals surface area contributed by atoms with Crippen molar-refractivity contribution in [3.05, 3.63) is 33.5 Å². The van der Waals surface area contributed by atoms with Gasteiger partial charge in [-0.1, -0.05) is 15.9 Å². The molecule has 0 amide bonds. The number of ether oxygens (including phenoxy) is 1. The van der Waals surface area contributed by atoms with Crippen LogP contribution in [0.15, 0.2) is 16.6 Å². The van der Waals surface area contributed by atoms with Crippen LogP contribution in [0.5, 0.6) is 0 Å². The van der Waals surface area contributed by atoms with Gasteiger partial charge in [0.05, 0.1) is 12.7 Å². The fourth-order valence-corrected chi connectivity index (χ4v) is 3.05. The Hall–Kier alpha value is -0.490. The van der Waals surface area contributed by atoms with Gasteiger partial charge in [-0.3, -0.25) is 0 Å². The zero-order valence-electron chi connectivity index (χ0n) is 10.2. The number of benzene rings is 1. The normalized spacial score (nSPS) is 19.9. The van der Waals surface area contributed by atoms with Crippen LogP contribution in [-0.4, -0.2) is 31.5 Å². The van der Waals surface area contributed by atoms with Crippen LogP contribution >= 0.6 is 15.9 Å². The molecule has 1 aliphatic rings. The first-order valence-electron chi connectivity index (χ1n) is 6.00. The molecule has 0 unspecified atom stereocenters. The fraction of sp³-hybridized carbons (Fsp3) is 0.538. The van der Waals surface area contributed by atoms with Crippen molar-refractivity contribution in [3.63, 3.8) is 0 Å². The van der Waals surface area contributed by atoms with Crippen molar-refractivity contribution < 1.29 is 14.2 Å². The van der Waals surface area contributed by atoms with Crippen molar-refractivity contribution in [2.24, 2.45) is 0 Å². The molecule has 0 aliphatic heterocycles. The van der Waals surface area contributed by atoms with E-state index in [9.17, 15) is 9.50 Å². The van der Waals surface area contributed by atoms with Gasteiger partial charge in [0.2, 0.25) is 0 Å². The molecule has 3 nitrogen and oxygen atoms in total. The van der Waals surface area contributed by atoms with E-state index >= 15 is 0 Å². The lowest BCUT2D eigenvalue weighted by Gasteiger charge is -2.18. The second kappa shape index (κ2) is 6.10. The second-order valence-corrected chi connectivity index (χ2v) is 5.38. The van der Waals surface area contributed by atoms with Gasteiger partial charge < -0.3 is 15.2 Å². The summed E-state index contributed by atoms with van der Waals surface area (Å²) >= 11 is 3.47. The van der Waals surface area contributed by atoms with Gasteiger partial charge in [0.25, 0.3) is 0 Å². The van der Waals surface area contributed by atoms with Crippen LogP contribution in [-0.2, 0) is 11.2 Å². The molecule has 0 aromatic heterocycles. The van der Waals surface area contributed by atoms with E-state index in [0.717, 1.165) is 28.4 Å². The number of rotatable bonds is 5. The summed E-state index contributed by atoms with van der Waals surface area (Å²) in [6.45, 7) is 0.748. The Morgan fingerprint density at radius 1 is 1.61 bits per heavy atom. The Morgan fingerprint density at radius 3 is 3.11 bits per heavy atom. The predicted molar refractivity (Wildman–Crippen MR) is 71.0 cm³/mol. The van der Waals surface area contributed by atoms with Gasteiger partial charge in [0.1, 0.15) is 5.82 Å². The van der Waals surface area contributed by atoms with E-state index in [0.29, 0.717) is 13.2 Å². The third kappa shape index (κ3) is 2.91. The summed E-state index contributed by atoms with van der Waals surface area (Å²) in [5, 5.41) is 12.9. The molecule has 0 radical (unpaired) electrons. The first kappa shape index (κ1) is 13.9. The van der Waals surface area contributed by atoms with Crippen LogP contribution in [0.2, 0.25) is 0 Å². The fourth-order valence-electron chi connectivity index (χ4n) is 2.41. The molecule has 2 rings (SSSR count). The molecule has 1 aliphatic carbocycles. The zero-order valence-corrected chi connectivity index (χ0v) is 11.8. The van der Waals surface area contributed by atoms with E-state index < -0.39 is 6.10 Å². The summed E-state index contributed by atoms with van der Waals surface area (Å²) in [4.78, 5) is 0. The first-order valence-corrected chi connectivity index (χ1v) is 6.80. The minimum atomic E-state index is -0.536. The minimum Gasteiger partial charge on any atom is -0.389 e. The molecule has 0 fully saturated rings. The monoisotopic (exact) mass is 317 g/mol. The highest BCUT2D eigenvalue weighted by Gasteiger charge is 2.27. The molecule has 1 aromatic rings. The maximum absolute atomic E-state index is 13.6. The predicted octanol–water partition coefficient (Wildman–Crippen LogP) is 2.17. The largest absolute Gasteiger partial charge is 0.389 e. The molecule has 1 aromatic carbocycles. The number of fused-ring (bicyclic) bond motifs is 1. The van der Waals surface area contributed by atoms with E-state index in [-0.39, 0.29) is 11.9 Å². The zero-order chi connectivity index (χ0) is 13.1. The number of halogens is 2. The summed E-state index contributed by atoms with van der Waals surface area (Å²) in [5.41, 5.74) is 1.77.